The molecule has 0 nitrogen and oxygen atoms in total. The number of alkyl halides is 1. The standard InChI is InChI=1S/C10H20Cl4Si/c11-9-7-5-3-1-2-4-6-8-10-15(12,13)14/h1-10H2. The summed E-state index contributed by atoms with van der Waals surface area (Å²) in [5.74, 6) is 0.799. The molecule has 5 heteroatoms. The highest BCUT2D eigenvalue weighted by molar-refractivity contribution is 7.64. The van der Waals surface area contributed by atoms with Gasteiger partial charge in [-0.25, -0.2) is 0 Å². The molecule has 0 saturated heterocycles. The molecule has 0 atom stereocenters. The van der Waals surface area contributed by atoms with Crippen molar-refractivity contribution >= 4 is 50.8 Å². The van der Waals surface area contributed by atoms with Gasteiger partial charge in [0.25, 0.3) is 0 Å². The van der Waals surface area contributed by atoms with E-state index in [2.05, 4.69) is 0 Å². The highest BCUT2D eigenvalue weighted by Gasteiger charge is 2.23. The van der Waals surface area contributed by atoms with Gasteiger partial charge >= 0.3 is 6.00 Å². The molecule has 0 saturated carbocycles. The molecule has 0 aromatic heterocycles. The van der Waals surface area contributed by atoms with Crippen molar-refractivity contribution in [3.05, 3.63) is 0 Å². The molecule has 0 bridgehead atoms. The first-order valence-corrected chi connectivity index (χ1v) is 11.5. The average molecular weight is 310 g/mol. The predicted molar refractivity (Wildman–Crippen MR) is 75.8 cm³/mol. The Labute approximate surface area is 114 Å². The fourth-order valence-corrected chi connectivity index (χ4v) is 3.52. The Kier molecular flexibility index (Phi) is 11.5. The molecular weight excluding hydrogens is 290 g/mol. The normalized spacial score (nSPS) is 12.0. The third-order valence-corrected chi connectivity index (χ3v) is 5.23. The van der Waals surface area contributed by atoms with Gasteiger partial charge in [-0.05, 0) is 12.5 Å². The highest BCUT2D eigenvalue weighted by Crippen LogP contribution is 2.27. The summed E-state index contributed by atoms with van der Waals surface area (Å²) in [6.45, 7) is 0. The van der Waals surface area contributed by atoms with Crippen molar-refractivity contribution in [2.75, 3.05) is 5.88 Å². The molecule has 0 unspecified atom stereocenters. The van der Waals surface area contributed by atoms with E-state index in [0.717, 1.165) is 24.8 Å². The molecule has 0 aromatic rings. The summed E-state index contributed by atoms with van der Waals surface area (Å²) < 4.78 is 0. The van der Waals surface area contributed by atoms with Gasteiger partial charge in [0, 0.05) is 5.88 Å². The number of hydrogen-bond donors (Lipinski definition) is 0. The molecule has 15 heavy (non-hydrogen) atoms. The van der Waals surface area contributed by atoms with E-state index < -0.39 is 6.00 Å². The third kappa shape index (κ3) is 15.4. The van der Waals surface area contributed by atoms with Crippen molar-refractivity contribution in [1.29, 1.82) is 0 Å². The van der Waals surface area contributed by atoms with Crippen molar-refractivity contribution < 1.29 is 0 Å². The minimum Gasteiger partial charge on any atom is -0.127 e. The first kappa shape index (κ1) is 16.4. The zero-order valence-electron chi connectivity index (χ0n) is 9.08. The lowest BCUT2D eigenvalue weighted by atomic mass is 10.1. The maximum atomic E-state index is 5.79. The Balaban J connectivity index is 2.99. The molecule has 0 radical (unpaired) electrons. The van der Waals surface area contributed by atoms with Crippen molar-refractivity contribution in [3.8, 4) is 0 Å². The van der Waals surface area contributed by atoms with Gasteiger partial charge in [-0.15, -0.1) is 44.8 Å². The molecule has 0 aliphatic rings. The summed E-state index contributed by atoms with van der Waals surface area (Å²) in [6.07, 6.45) is 9.92. The predicted octanol–water partition coefficient (Wildman–Crippen LogP) is 6.00. The summed E-state index contributed by atoms with van der Waals surface area (Å²) >= 11 is 23.0. The first-order chi connectivity index (χ1) is 7.06. The Morgan fingerprint density at radius 1 is 0.600 bits per heavy atom. The van der Waals surface area contributed by atoms with Gasteiger partial charge in [0.05, 0.1) is 0 Å². The van der Waals surface area contributed by atoms with Crippen molar-refractivity contribution in [1.82, 2.24) is 0 Å². The zero-order valence-corrected chi connectivity index (χ0v) is 13.1. The van der Waals surface area contributed by atoms with Gasteiger partial charge in [0.1, 0.15) is 0 Å². The van der Waals surface area contributed by atoms with Gasteiger partial charge < -0.3 is 0 Å². The van der Waals surface area contributed by atoms with Crippen LogP contribution in [0.5, 0.6) is 0 Å². The molecule has 0 rings (SSSR count). The molecular formula is C10H20Cl4Si. The van der Waals surface area contributed by atoms with E-state index in [9.17, 15) is 0 Å². The van der Waals surface area contributed by atoms with Crippen LogP contribution in [0.25, 0.3) is 0 Å². The second kappa shape index (κ2) is 10.5. The minimum absolute atomic E-state index is 0.799. The highest BCUT2D eigenvalue weighted by atomic mass is 35.8. The van der Waals surface area contributed by atoms with E-state index in [4.69, 9.17) is 44.8 Å². The number of unbranched alkanes of at least 4 members (excludes halogenated alkanes) is 7. The molecule has 0 aliphatic heterocycles. The summed E-state index contributed by atoms with van der Waals surface area (Å²) in [4.78, 5) is 0. The number of hydrogen-bond acceptors (Lipinski definition) is 0. The van der Waals surface area contributed by atoms with E-state index in [1.165, 1.54) is 38.5 Å². The molecule has 0 aromatic carbocycles. The van der Waals surface area contributed by atoms with Gasteiger partial charge in [-0.2, -0.15) is 0 Å². The van der Waals surface area contributed by atoms with Crippen LogP contribution in [0, 0.1) is 0 Å². The number of rotatable bonds is 10. The van der Waals surface area contributed by atoms with Crippen LogP contribution < -0.4 is 0 Å². The summed E-state index contributed by atoms with van der Waals surface area (Å²) in [5.41, 5.74) is 0. The second-order valence-corrected chi connectivity index (χ2v) is 13.5. The number of halogens is 4. The maximum absolute atomic E-state index is 5.79. The summed E-state index contributed by atoms with van der Waals surface area (Å²) in [7, 11) is 0. The van der Waals surface area contributed by atoms with Crippen molar-refractivity contribution in [2.45, 2.75) is 57.4 Å². The van der Waals surface area contributed by atoms with E-state index in [0.29, 0.717) is 0 Å². The fraction of sp³-hybridized carbons (Fsp3) is 1.00. The fourth-order valence-electron chi connectivity index (χ4n) is 1.48. The Morgan fingerprint density at radius 2 is 1.00 bits per heavy atom. The smallest absolute Gasteiger partial charge is 0.127 e. The molecule has 0 N–H and O–H groups in total. The molecule has 0 aliphatic carbocycles. The monoisotopic (exact) mass is 308 g/mol. The van der Waals surface area contributed by atoms with Gasteiger partial charge in [-0.1, -0.05) is 44.9 Å². The van der Waals surface area contributed by atoms with Gasteiger partial charge in [0.2, 0.25) is 0 Å². The lowest BCUT2D eigenvalue weighted by Gasteiger charge is -2.06. The molecule has 0 amide bonds. The van der Waals surface area contributed by atoms with Crippen LogP contribution in [-0.2, 0) is 0 Å². The van der Waals surface area contributed by atoms with E-state index in [-0.39, 0.29) is 0 Å². The average Bonchev–Trinajstić information content (AvgIpc) is 2.14. The van der Waals surface area contributed by atoms with Crippen LogP contribution in [0.2, 0.25) is 6.04 Å². The van der Waals surface area contributed by atoms with Crippen molar-refractivity contribution in [3.63, 3.8) is 0 Å². The van der Waals surface area contributed by atoms with E-state index in [1.54, 1.807) is 0 Å². The van der Waals surface area contributed by atoms with Crippen LogP contribution >= 0.6 is 44.8 Å². The summed E-state index contributed by atoms with van der Waals surface area (Å²) in [6, 6.07) is -1.53. The van der Waals surface area contributed by atoms with Crippen molar-refractivity contribution in [2.24, 2.45) is 0 Å². The van der Waals surface area contributed by atoms with Gasteiger partial charge in [0.15, 0.2) is 0 Å². The Bertz CT molecular complexity index is 136. The second-order valence-electron chi connectivity index (χ2n) is 3.88. The summed E-state index contributed by atoms with van der Waals surface area (Å²) in [5, 5.41) is 0. The molecule has 0 heterocycles. The van der Waals surface area contributed by atoms with Crippen LogP contribution in [0.3, 0.4) is 0 Å². The largest absolute Gasteiger partial charge is 0.341 e. The Morgan fingerprint density at radius 3 is 1.40 bits per heavy atom. The molecule has 0 fully saturated rings. The van der Waals surface area contributed by atoms with Crippen LogP contribution in [0.4, 0.5) is 0 Å². The lowest BCUT2D eigenvalue weighted by Crippen LogP contribution is -2.07. The van der Waals surface area contributed by atoms with E-state index >= 15 is 0 Å². The maximum Gasteiger partial charge on any atom is 0.341 e. The van der Waals surface area contributed by atoms with Crippen LogP contribution in [0.1, 0.15) is 51.4 Å². The third-order valence-electron chi connectivity index (χ3n) is 2.34. The van der Waals surface area contributed by atoms with Crippen LogP contribution in [-0.4, -0.2) is 11.9 Å². The zero-order chi connectivity index (χ0) is 11.6. The topological polar surface area (TPSA) is 0 Å². The molecule has 0 spiro atoms. The SMILES string of the molecule is ClCCCCCCCCCC[Si](Cl)(Cl)Cl. The quantitative estimate of drug-likeness (QED) is 0.201. The minimum atomic E-state index is -2.34. The Hall–Kier alpha value is 1.38. The van der Waals surface area contributed by atoms with Crippen LogP contribution in [0.15, 0.2) is 0 Å². The lowest BCUT2D eigenvalue weighted by molar-refractivity contribution is 0.585. The van der Waals surface area contributed by atoms with Gasteiger partial charge in [-0.3, -0.25) is 0 Å². The van der Waals surface area contributed by atoms with E-state index in [1.807, 2.05) is 0 Å². The molecule has 92 valence electrons. The first-order valence-electron chi connectivity index (χ1n) is 5.69.